The Hall–Kier alpha value is -3.11. The van der Waals surface area contributed by atoms with Crippen LogP contribution in [0, 0.1) is 0 Å². The molecule has 154 valence electrons. The number of ketones is 1. The Bertz CT molecular complexity index is 1180. The van der Waals surface area contributed by atoms with Crippen LogP contribution in [-0.2, 0) is 13.1 Å². The molecule has 4 aromatic rings. The number of para-hydroxylation sites is 1. The van der Waals surface area contributed by atoms with E-state index in [0.29, 0.717) is 12.0 Å². The first-order chi connectivity index (χ1) is 14.7. The van der Waals surface area contributed by atoms with Gasteiger partial charge in [0, 0.05) is 46.9 Å². The Morgan fingerprint density at radius 2 is 1.80 bits per heavy atom. The first kappa shape index (κ1) is 20.2. The largest absolute Gasteiger partial charge is 0.497 e. The molecule has 4 heteroatoms. The number of ether oxygens (including phenoxy) is 1. The number of aryl methyl sites for hydroxylation is 1. The highest BCUT2D eigenvalue weighted by Gasteiger charge is 2.10. The van der Waals surface area contributed by atoms with E-state index < -0.39 is 0 Å². The monoisotopic (exact) mass is 400 g/mol. The number of aromatic nitrogens is 1. The van der Waals surface area contributed by atoms with Crippen LogP contribution in [0.1, 0.15) is 35.7 Å². The zero-order valence-electron chi connectivity index (χ0n) is 17.7. The molecule has 0 aliphatic rings. The Morgan fingerprint density at radius 3 is 2.63 bits per heavy atom. The number of benzene rings is 3. The molecule has 1 N–H and O–H groups in total. The molecule has 0 aliphatic carbocycles. The molecule has 0 saturated carbocycles. The van der Waals surface area contributed by atoms with Crippen LogP contribution in [0.5, 0.6) is 5.75 Å². The van der Waals surface area contributed by atoms with Crippen LogP contribution in [-0.4, -0.2) is 24.0 Å². The average Bonchev–Trinajstić information content (AvgIpc) is 3.11. The molecule has 4 rings (SSSR count). The second-order valence-corrected chi connectivity index (χ2v) is 7.55. The third-order valence-corrected chi connectivity index (χ3v) is 5.63. The number of carbonyl (C=O) groups is 1. The summed E-state index contributed by atoms with van der Waals surface area (Å²) in [6.07, 6.45) is 1.34. The molecular formula is C26H28N2O2. The summed E-state index contributed by atoms with van der Waals surface area (Å²) >= 11 is 0. The fourth-order valence-corrected chi connectivity index (χ4v) is 4.10. The third-order valence-electron chi connectivity index (χ3n) is 5.63. The summed E-state index contributed by atoms with van der Waals surface area (Å²) < 4.78 is 7.56. The van der Waals surface area contributed by atoms with Gasteiger partial charge in [-0.05, 0) is 55.8 Å². The SMILES string of the molecule is CCn1c2ccccc2c2cc(CNCCCC(=O)c3cccc(OC)c3)ccc21. The minimum Gasteiger partial charge on any atom is -0.497 e. The fraction of sp³-hybridized carbons (Fsp3) is 0.269. The number of hydrogen-bond donors (Lipinski definition) is 1. The van der Waals surface area contributed by atoms with E-state index in [1.54, 1.807) is 13.2 Å². The van der Waals surface area contributed by atoms with Crippen molar-refractivity contribution >= 4 is 27.6 Å². The number of methoxy groups -OCH3 is 1. The molecule has 0 atom stereocenters. The van der Waals surface area contributed by atoms with E-state index in [1.807, 2.05) is 18.2 Å². The molecule has 0 unspecified atom stereocenters. The van der Waals surface area contributed by atoms with Gasteiger partial charge in [0.25, 0.3) is 0 Å². The van der Waals surface area contributed by atoms with E-state index >= 15 is 0 Å². The van der Waals surface area contributed by atoms with Crippen molar-refractivity contribution in [1.82, 2.24) is 9.88 Å². The molecule has 30 heavy (non-hydrogen) atoms. The maximum absolute atomic E-state index is 12.4. The molecule has 4 nitrogen and oxygen atoms in total. The van der Waals surface area contributed by atoms with E-state index in [2.05, 4.69) is 59.3 Å². The van der Waals surface area contributed by atoms with Crippen molar-refractivity contribution in [1.29, 1.82) is 0 Å². The van der Waals surface area contributed by atoms with Gasteiger partial charge >= 0.3 is 0 Å². The molecule has 0 saturated heterocycles. The van der Waals surface area contributed by atoms with Crippen molar-refractivity contribution in [3.8, 4) is 5.75 Å². The van der Waals surface area contributed by atoms with Gasteiger partial charge in [-0.15, -0.1) is 0 Å². The number of hydrogen-bond acceptors (Lipinski definition) is 3. The molecule has 0 amide bonds. The van der Waals surface area contributed by atoms with Gasteiger partial charge in [0.15, 0.2) is 5.78 Å². The summed E-state index contributed by atoms with van der Waals surface area (Å²) in [4.78, 5) is 12.4. The van der Waals surface area contributed by atoms with E-state index in [4.69, 9.17) is 4.74 Å². The lowest BCUT2D eigenvalue weighted by molar-refractivity contribution is 0.0979. The van der Waals surface area contributed by atoms with Gasteiger partial charge in [-0.3, -0.25) is 4.79 Å². The first-order valence-electron chi connectivity index (χ1n) is 10.6. The second-order valence-electron chi connectivity index (χ2n) is 7.55. The highest BCUT2D eigenvalue weighted by molar-refractivity contribution is 6.08. The molecule has 0 radical (unpaired) electrons. The molecular weight excluding hydrogens is 372 g/mol. The predicted molar refractivity (Wildman–Crippen MR) is 123 cm³/mol. The van der Waals surface area contributed by atoms with Crippen molar-refractivity contribution in [3.63, 3.8) is 0 Å². The molecule has 0 bridgehead atoms. The average molecular weight is 401 g/mol. The number of rotatable bonds is 9. The van der Waals surface area contributed by atoms with E-state index in [1.165, 1.54) is 27.4 Å². The maximum Gasteiger partial charge on any atom is 0.163 e. The van der Waals surface area contributed by atoms with Gasteiger partial charge in [0.2, 0.25) is 0 Å². The Kier molecular flexibility index (Phi) is 6.15. The van der Waals surface area contributed by atoms with Crippen molar-refractivity contribution in [3.05, 3.63) is 77.9 Å². The second kappa shape index (κ2) is 9.14. The normalized spacial score (nSPS) is 11.3. The van der Waals surface area contributed by atoms with Crippen LogP contribution in [0.4, 0.5) is 0 Å². The molecule has 1 heterocycles. The topological polar surface area (TPSA) is 43.3 Å². The fourth-order valence-electron chi connectivity index (χ4n) is 4.10. The number of nitrogens with zero attached hydrogens (tertiary/aromatic N) is 1. The number of nitrogens with one attached hydrogen (secondary N) is 1. The zero-order chi connectivity index (χ0) is 20.9. The van der Waals surface area contributed by atoms with Crippen molar-refractivity contribution in [2.24, 2.45) is 0 Å². The minimum absolute atomic E-state index is 0.157. The van der Waals surface area contributed by atoms with Gasteiger partial charge in [-0.1, -0.05) is 36.4 Å². The summed E-state index contributed by atoms with van der Waals surface area (Å²) in [6.45, 7) is 4.76. The molecule has 0 fully saturated rings. The first-order valence-corrected chi connectivity index (χ1v) is 10.6. The van der Waals surface area contributed by atoms with Crippen molar-refractivity contribution in [2.45, 2.75) is 32.9 Å². The van der Waals surface area contributed by atoms with Crippen LogP contribution in [0.15, 0.2) is 66.7 Å². The van der Waals surface area contributed by atoms with Gasteiger partial charge < -0.3 is 14.6 Å². The maximum atomic E-state index is 12.4. The van der Waals surface area contributed by atoms with Crippen LogP contribution < -0.4 is 10.1 Å². The molecule has 0 spiro atoms. The van der Waals surface area contributed by atoms with E-state index in [9.17, 15) is 4.79 Å². The number of fused-ring (bicyclic) bond motifs is 3. The summed E-state index contributed by atoms with van der Waals surface area (Å²) in [5.41, 5.74) is 4.55. The quantitative estimate of drug-likeness (QED) is 0.295. The van der Waals surface area contributed by atoms with Crippen LogP contribution in [0.3, 0.4) is 0 Å². The van der Waals surface area contributed by atoms with Crippen molar-refractivity contribution < 1.29 is 9.53 Å². The summed E-state index contributed by atoms with van der Waals surface area (Å²) in [7, 11) is 1.62. The standard InChI is InChI=1S/C26H28N2O2/c1-3-28-24-11-5-4-10-22(24)23-16-19(13-14-25(23)28)18-27-15-7-12-26(29)20-8-6-9-21(17-20)30-2/h4-6,8-11,13-14,16-17,27H,3,7,12,15,18H2,1-2H3. The van der Waals surface area contributed by atoms with Crippen LogP contribution >= 0.6 is 0 Å². The van der Waals surface area contributed by atoms with E-state index in [-0.39, 0.29) is 5.78 Å². The van der Waals surface area contributed by atoms with Gasteiger partial charge in [0.1, 0.15) is 5.75 Å². The van der Waals surface area contributed by atoms with Crippen molar-refractivity contribution in [2.75, 3.05) is 13.7 Å². The lowest BCUT2D eigenvalue weighted by atomic mass is 10.1. The lowest BCUT2D eigenvalue weighted by Crippen LogP contribution is -2.15. The van der Waals surface area contributed by atoms with Gasteiger partial charge in [0.05, 0.1) is 7.11 Å². The Morgan fingerprint density at radius 1 is 0.967 bits per heavy atom. The van der Waals surface area contributed by atoms with Gasteiger partial charge in [-0.2, -0.15) is 0 Å². The number of Topliss-reactive ketones (excluding diaryl/α,β-unsaturated/α-hetero) is 1. The Labute approximate surface area is 177 Å². The highest BCUT2D eigenvalue weighted by Crippen LogP contribution is 2.29. The summed E-state index contributed by atoms with van der Waals surface area (Å²) in [5, 5.41) is 6.09. The van der Waals surface area contributed by atoms with E-state index in [0.717, 1.165) is 31.8 Å². The third kappa shape index (κ3) is 4.10. The van der Waals surface area contributed by atoms with Crippen LogP contribution in [0.25, 0.3) is 21.8 Å². The zero-order valence-corrected chi connectivity index (χ0v) is 17.7. The molecule has 0 aliphatic heterocycles. The molecule has 3 aromatic carbocycles. The lowest BCUT2D eigenvalue weighted by Gasteiger charge is -2.07. The smallest absolute Gasteiger partial charge is 0.163 e. The highest BCUT2D eigenvalue weighted by atomic mass is 16.5. The van der Waals surface area contributed by atoms with Gasteiger partial charge in [-0.25, -0.2) is 0 Å². The van der Waals surface area contributed by atoms with Crippen LogP contribution in [0.2, 0.25) is 0 Å². The predicted octanol–water partition coefficient (Wildman–Crippen LogP) is 5.58. The molecule has 1 aromatic heterocycles. The summed E-state index contributed by atoms with van der Waals surface area (Å²) in [6, 6.07) is 22.7. The Balaban J connectivity index is 1.35. The number of carbonyl (C=O) groups excluding carboxylic acids is 1. The minimum atomic E-state index is 0.157. The summed E-state index contributed by atoms with van der Waals surface area (Å²) in [5.74, 6) is 0.878.